The third-order valence-electron chi connectivity index (χ3n) is 5.24. The van der Waals surface area contributed by atoms with E-state index in [0.29, 0.717) is 17.9 Å². The minimum Gasteiger partial charge on any atom is -0.497 e. The van der Waals surface area contributed by atoms with Crippen LogP contribution in [0.2, 0.25) is 0 Å². The van der Waals surface area contributed by atoms with E-state index in [-0.39, 0.29) is 17.5 Å². The zero-order valence-corrected chi connectivity index (χ0v) is 19.7. The average molecular weight is 469 g/mol. The van der Waals surface area contributed by atoms with Crippen LogP contribution < -0.4 is 19.1 Å². The van der Waals surface area contributed by atoms with Gasteiger partial charge in [0.2, 0.25) is 5.91 Å². The number of hydrogen-bond acceptors (Lipinski definition) is 5. The molecule has 0 fully saturated rings. The number of carbonyl (C=O) groups excluding carboxylic acids is 1. The second-order valence-electron chi connectivity index (χ2n) is 7.32. The topological polar surface area (TPSA) is 84.9 Å². The molecule has 174 valence electrons. The molecule has 0 heterocycles. The fraction of sp³-hybridized carbons (Fsp3) is 0.240. The Bertz CT molecular complexity index is 1150. The highest BCUT2D eigenvalue weighted by Gasteiger charge is 2.28. The number of sulfonamides is 1. The molecule has 3 aromatic rings. The van der Waals surface area contributed by atoms with Crippen molar-refractivity contribution >= 4 is 21.6 Å². The summed E-state index contributed by atoms with van der Waals surface area (Å²) in [4.78, 5) is 13.1. The Kier molecular flexibility index (Phi) is 7.95. The summed E-state index contributed by atoms with van der Waals surface area (Å²) in [7, 11) is -0.845. The zero-order chi connectivity index (χ0) is 23.8. The fourth-order valence-electron chi connectivity index (χ4n) is 3.41. The van der Waals surface area contributed by atoms with Gasteiger partial charge in [-0.25, -0.2) is 8.42 Å². The van der Waals surface area contributed by atoms with E-state index in [1.807, 2.05) is 31.2 Å². The van der Waals surface area contributed by atoms with Gasteiger partial charge in [-0.3, -0.25) is 9.10 Å². The third-order valence-corrected chi connectivity index (χ3v) is 7.03. The molecule has 0 spiro atoms. The first-order valence-corrected chi connectivity index (χ1v) is 12.0. The molecule has 1 amide bonds. The Morgan fingerprint density at radius 2 is 1.42 bits per heavy atom. The van der Waals surface area contributed by atoms with Crippen molar-refractivity contribution < 1.29 is 22.7 Å². The van der Waals surface area contributed by atoms with Gasteiger partial charge in [-0.1, -0.05) is 37.3 Å². The van der Waals surface area contributed by atoms with E-state index >= 15 is 0 Å². The number of carbonyl (C=O) groups is 1. The second kappa shape index (κ2) is 10.9. The molecule has 0 saturated heterocycles. The van der Waals surface area contributed by atoms with E-state index in [2.05, 4.69) is 5.32 Å². The summed E-state index contributed by atoms with van der Waals surface area (Å²) < 4.78 is 38.3. The minimum atomic E-state index is -3.97. The highest BCUT2D eigenvalue weighted by molar-refractivity contribution is 7.92. The summed E-state index contributed by atoms with van der Waals surface area (Å²) in [6.45, 7) is 1.59. The van der Waals surface area contributed by atoms with Crippen LogP contribution in [-0.2, 0) is 14.8 Å². The molecule has 0 aliphatic rings. The summed E-state index contributed by atoms with van der Waals surface area (Å²) in [5.74, 6) is 0.901. The van der Waals surface area contributed by atoms with Crippen LogP contribution in [0.15, 0.2) is 83.8 Å². The van der Waals surface area contributed by atoms with E-state index in [0.717, 1.165) is 15.6 Å². The number of nitrogens with zero attached hydrogens (tertiary/aromatic N) is 1. The standard InChI is InChI=1S/C25H28N2O5S/c1-4-24(19-10-14-21(31-2)15-11-19)26-25(28)18-27(20-12-16-22(32-3)17-13-20)33(29,30)23-8-6-5-7-9-23/h5-17,24H,4,18H2,1-3H3,(H,26,28)/t24-/m1/s1. The maximum atomic E-state index is 13.4. The maximum Gasteiger partial charge on any atom is 0.264 e. The summed E-state index contributed by atoms with van der Waals surface area (Å²) >= 11 is 0. The molecule has 1 atom stereocenters. The summed E-state index contributed by atoms with van der Waals surface area (Å²) in [5.41, 5.74) is 1.28. The van der Waals surface area contributed by atoms with Crippen LogP contribution in [0.3, 0.4) is 0 Å². The summed E-state index contributed by atoms with van der Waals surface area (Å²) in [5, 5.41) is 2.96. The first-order valence-electron chi connectivity index (χ1n) is 10.5. The predicted molar refractivity (Wildman–Crippen MR) is 128 cm³/mol. The SMILES string of the molecule is CC[C@@H](NC(=O)CN(c1ccc(OC)cc1)S(=O)(=O)c1ccccc1)c1ccc(OC)cc1. The van der Waals surface area contributed by atoms with Gasteiger partial charge in [0.25, 0.3) is 10.0 Å². The molecule has 0 aliphatic heterocycles. The molecule has 1 N–H and O–H groups in total. The van der Waals surface area contributed by atoms with E-state index in [4.69, 9.17) is 9.47 Å². The smallest absolute Gasteiger partial charge is 0.264 e. The molecular weight excluding hydrogens is 440 g/mol. The molecule has 7 nitrogen and oxygen atoms in total. The first kappa shape index (κ1) is 24.1. The Hall–Kier alpha value is -3.52. The molecule has 0 radical (unpaired) electrons. The number of benzene rings is 3. The van der Waals surface area contributed by atoms with E-state index in [1.165, 1.54) is 19.2 Å². The van der Waals surface area contributed by atoms with Gasteiger partial charge >= 0.3 is 0 Å². The maximum absolute atomic E-state index is 13.4. The van der Waals surface area contributed by atoms with Crippen molar-refractivity contribution in [2.45, 2.75) is 24.3 Å². The Morgan fingerprint density at radius 3 is 1.94 bits per heavy atom. The molecule has 0 saturated carbocycles. The van der Waals surface area contributed by atoms with Gasteiger partial charge in [0, 0.05) is 0 Å². The van der Waals surface area contributed by atoms with Crippen LogP contribution in [-0.4, -0.2) is 35.1 Å². The van der Waals surface area contributed by atoms with Gasteiger partial charge in [0.15, 0.2) is 0 Å². The average Bonchev–Trinajstić information content (AvgIpc) is 2.86. The van der Waals surface area contributed by atoms with Gasteiger partial charge in [0.1, 0.15) is 18.0 Å². The zero-order valence-electron chi connectivity index (χ0n) is 18.9. The lowest BCUT2D eigenvalue weighted by Crippen LogP contribution is -2.42. The number of amides is 1. The van der Waals surface area contributed by atoms with Gasteiger partial charge < -0.3 is 14.8 Å². The van der Waals surface area contributed by atoms with E-state index in [9.17, 15) is 13.2 Å². The van der Waals surface area contributed by atoms with Crippen LogP contribution in [0.25, 0.3) is 0 Å². The summed E-state index contributed by atoms with van der Waals surface area (Å²) in [6, 6.07) is 21.8. The number of anilines is 1. The number of rotatable bonds is 10. The highest BCUT2D eigenvalue weighted by Crippen LogP contribution is 2.26. The number of nitrogens with one attached hydrogen (secondary N) is 1. The lowest BCUT2D eigenvalue weighted by molar-refractivity contribution is -0.120. The molecule has 0 aromatic heterocycles. The first-order chi connectivity index (χ1) is 15.9. The molecule has 33 heavy (non-hydrogen) atoms. The van der Waals surface area contributed by atoms with Crippen molar-refractivity contribution in [2.24, 2.45) is 0 Å². The van der Waals surface area contributed by atoms with Crippen LogP contribution in [0, 0.1) is 0 Å². The Labute approximate surface area is 195 Å². The largest absolute Gasteiger partial charge is 0.497 e. The van der Waals surface area contributed by atoms with Crippen molar-refractivity contribution in [3.05, 3.63) is 84.4 Å². The normalized spacial score (nSPS) is 12.0. The van der Waals surface area contributed by atoms with E-state index < -0.39 is 15.9 Å². The highest BCUT2D eigenvalue weighted by atomic mass is 32.2. The fourth-order valence-corrected chi connectivity index (χ4v) is 4.85. The van der Waals surface area contributed by atoms with Gasteiger partial charge in [-0.2, -0.15) is 0 Å². The Morgan fingerprint density at radius 1 is 0.879 bits per heavy atom. The molecule has 3 rings (SSSR count). The van der Waals surface area contributed by atoms with Crippen molar-refractivity contribution in [3.8, 4) is 11.5 Å². The molecule has 0 bridgehead atoms. The van der Waals surface area contributed by atoms with Crippen molar-refractivity contribution in [3.63, 3.8) is 0 Å². The molecule has 8 heteroatoms. The van der Waals surface area contributed by atoms with Crippen molar-refractivity contribution in [2.75, 3.05) is 25.1 Å². The lowest BCUT2D eigenvalue weighted by atomic mass is 10.0. The number of hydrogen-bond donors (Lipinski definition) is 1. The predicted octanol–water partition coefficient (Wildman–Crippen LogP) is 4.17. The van der Waals surface area contributed by atoms with Crippen LogP contribution in [0.1, 0.15) is 24.9 Å². The van der Waals surface area contributed by atoms with Crippen molar-refractivity contribution in [1.29, 1.82) is 0 Å². The van der Waals surface area contributed by atoms with E-state index in [1.54, 1.807) is 49.6 Å². The summed E-state index contributed by atoms with van der Waals surface area (Å²) in [6.07, 6.45) is 0.645. The molecule has 3 aromatic carbocycles. The molecule has 0 aliphatic carbocycles. The van der Waals surface area contributed by atoms with Gasteiger partial charge in [-0.15, -0.1) is 0 Å². The minimum absolute atomic E-state index is 0.107. The van der Waals surface area contributed by atoms with Crippen LogP contribution in [0.5, 0.6) is 11.5 Å². The van der Waals surface area contributed by atoms with Crippen LogP contribution >= 0.6 is 0 Å². The monoisotopic (exact) mass is 468 g/mol. The lowest BCUT2D eigenvalue weighted by Gasteiger charge is -2.26. The number of ether oxygens (including phenoxy) is 2. The second-order valence-corrected chi connectivity index (χ2v) is 9.19. The Balaban J connectivity index is 1.87. The molecular formula is C25H28N2O5S. The van der Waals surface area contributed by atoms with Gasteiger partial charge in [0.05, 0.1) is 30.8 Å². The quantitative estimate of drug-likeness (QED) is 0.483. The van der Waals surface area contributed by atoms with Crippen molar-refractivity contribution in [1.82, 2.24) is 5.32 Å². The number of methoxy groups -OCH3 is 2. The van der Waals surface area contributed by atoms with Gasteiger partial charge in [-0.05, 0) is 60.5 Å². The third kappa shape index (κ3) is 5.84. The molecule has 0 unspecified atom stereocenters. The van der Waals surface area contributed by atoms with Crippen LogP contribution in [0.4, 0.5) is 5.69 Å².